The van der Waals surface area contributed by atoms with Crippen LogP contribution in [0, 0.1) is 0 Å². The van der Waals surface area contributed by atoms with Crippen molar-refractivity contribution in [1.29, 1.82) is 0 Å². The third kappa shape index (κ3) is 2.99. The molecule has 1 rings (SSSR count). The summed E-state index contributed by atoms with van der Waals surface area (Å²) in [7, 11) is 0. The molecule has 5 nitrogen and oxygen atoms in total. The summed E-state index contributed by atoms with van der Waals surface area (Å²) in [5.41, 5.74) is 5.53. The first-order chi connectivity index (χ1) is 6.63. The van der Waals surface area contributed by atoms with E-state index in [1.54, 1.807) is 0 Å². The molecule has 1 fully saturated rings. The Kier molecular flexibility index (Phi) is 3.88. The fourth-order valence-corrected chi connectivity index (χ4v) is 1.37. The zero-order valence-corrected chi connectivity index (χ0v) is 8.38. The first kappa shape index (κ1) is 11.0. The SMILES string of the molecule is CCC(N)C(=O)NCC1CCC(=O)N1. The molecule has 0 aromatic rings. The summed E-state index contributed by atoms with van der Waals surface area (Å²) >= 11 is 0. The summed E-state index contributed by atoms with van der Waals surface area (Å²) < 4.78 is 0. The van der Waals surface area contributed by atoms with Crippen molar-refractivity contribution in [2.45, 2.75) is 38.3 Å². The van der Waals surface area contributed by atoms with Crippen LogP contribution in [0.25, 0.3) is 0 Å². The molecule has 4 N–H and O–H groups in total. The van der Waals surface area contributed by atoms with E-state index in [-0.39, 0.29) is 17.9 Å². The van der Waals surface area contributed by atoms with Crippen LogP contribution in [-0.2, 0) is 9.59 Å². The van der Waals surface area contributed by atoms with E-state index < -0.39 is 6.04 Å². The molecule has 0 spiro atoms. The molecule has 0 aromatic heterocycles. The van der Waals surface area contributed by atoms with Gasteiger partial charge in [0.2, 0.25) is 11.8 Å². The molecular weight excluding hydrogens is 182 g/mol. The Morgan fingerprint density at radius 3 is 3.00 bits per heavy atom. The molecule has 14 heavy (non-hydrogen) atoms. The number of hydrogen-bond acceptors (Lipinski definition) is 3. The van der Waals surface area contributed by atoms with Gasteiger partial charge in [-0.15, -0.1) is 0 Å². The molecular formula is C9H17N3O2. The second-order valence-electron chi connectivity index (χ2n) is 3.56. The van der Waals surface area contributed by atoms with Crippen molar-refractivity contribution < 1.29 is 9.59 Å². The lowest BCUT2D eigenvalue weighted by atomic mass is 10.2. The first-order valence-electron chi connectivity index (χ1n) is 4.96. The molecule has 0 saturated carbocycles. The van der Waals surface area contributed by atoms with Crippen molar-refractivity contribution in [3.8, 4) is 0 Å². The van der Waals surface area contributed by atoms with E-state index in [9.17, 15) is 9.59 Å². The predicted molar refractivity (Wildman–Crippen MR) is 52.4 cm³/mol. The van der Waals surface area contributed by atoms with Crippen molar-refractivity contribution >= 4 is 11.8 Å². The van der Waals surface area contributed by atoms with Gasteiger partial charge >= 0.3 is 0 Å². The molecule has 2 unspecified atom stereocenters. The second kappa shape index (κ2) is 4.95. The number of carbonyl (C=O) groups excluding carboxylic acids is 2. The van der Waals surface area contributed by atoms with Gasteiger partial charge in [0.1, 0.15) is 0 Å². The van der Waals surface area contributed by atoms with Crippen LogP contribution in [0.4, 0.5) is 0 Å². The minimum atomic E-state index is -0.438. The molecule has 0 radical (unpaired) electrons. The second-order valence-corrected chi connectivity index (χ2v) is 3.56. The van der Waals surface area contributed by atoms with Crippen LogP contribution in [0.3, 0.4) is 0 Å². The van der Waals surface area contributed by atoms with Crippen LogP contribution in [0.2, 0.25) is 0 Å². The maximum atomic E-state index is 11.3. The summed E-state index contributed by atoms with van der Waals surface area (Å²) in [6.07, 6.45) is 1.98. The Hall–Kier alpha value is -1.10. The zero-order valence-electron chi connectivity index (χ0n) is 8.38. The standard InChI is InChI=1S/C9H17N3O2/c1-2-7(10)9(14)11-5-6-3-4-8(13)12-6/h6-7H,2-5,10H2,1H3,(H,11,14)(H,12,13). The molecule has 2 atom stereocenters. The number of nitrogens with one attached hydrogen (secondary N) is 2. The number of hydrogen-bond donors (Lipinski definition) is 3. The molecule has 0 aromatic carbocycles. The lowest BCUT2D eigenvalue weighted by Crippen LogP contribution is -2.45. The minimum absolute atomic E-state index is 0.0593. The van der Waals surface area contributed by atoms with Crippen molar-refractivity contribution in [2.75, 3.05) is 6.54 Å². The normalized spacial score (nSPS) is 23.0. The van der Waals surface area contributed by atoms with Crippen LogP contribution in [0.5, 0.6) is 0 Å². The minimum Gasteiger partial charge on any atom is -0.353 e. The fraction of sp³-hybridized carbons (Fsp3) is 0.778. The van der Waals surface area contributed by atoms with Crippen LogP contribution in [-0.4, -0.2) is 30.4 Å². The predicted octanol–water partition coefficient (Wildman–Crippen LogP) is -0.881. The summed E-state index contributed by atoms with van der Waals surface area (Å²) in [6.45, 7) is 2.35. The molecule has 2 amide bonds. The number of carbonyl (C=O) groups is 2. The third-order valence-electron chi connectivity index (χ3n) is 2.38. The quantitative estimate of drug-likeness (QED) is 0.549. The molecule has 1 aliphatic heterocycles. The van der Waals surface area contributed by atoms with E-state index in [4.69, 9.17) is 5.73 Å². The van der Waals surface area contributed by atoms with Gasteiger partial charge in [-0.3, -0.25) is 9.59 Å². The molecule has 5 heteroatoms. The molecule has 0 bridgehead atoms. The van der Waals surface area contributed by atoms with Gasteiger partial charge in [0.15, 0.2) is 0 Å². The van der Waals surface area contributed by atoms with Crippen molar-refractivity contribution in [3.63, 3.8) is 0 Å². The monoisotopic (exact) mass is 199 g/mol. The van der Waals surface area contributed by atoms with Gasteiger partial charge in [-0.05, 0) is 12.8 Å². The highest BCUT2D eigenvalue weighted by Gasteiger charge is 2.21. The molecule has 1 saturated heterocycles. The Morgan fingerprint density at radius 2 is 2.50 bits per heavy atom. The smallest absolute Gasteiger partial charge is 0.236 e. The molecule has 0 aliphatic carbocycles. The average Bonchev–Trinajstić information content (AvgIpc) is 2.59. The largest absolute Gasteiger partial charge is 0.353 e. The number of rotatable bonds is 4. The number of amides is 2. The van der Waals surface area contributed by atoms with Crippen molar-refractivity contribution in [2.24, 2.45) is 5.73 Å². The summed E-state index contributed by atoms with van der Waals surface area (Å²) in [4.78, 5) is 22.1. The molecule has 1 heterocycles. The summed E-state index contributed by atoms with van der Waals surface area (Å²) in [5.74, 6) is -0.0855. The Morgan fingerprint density at radius 1 is 1.79 bits per heavy atom. The molecule has 80 valence electrons. The zero-order chi connectivity index (χ0) is 10.6. The van der Waals surface area contributed by atoms with Crippen molar-refractivity contribution in [3.05, 3.63) is 0 Å². The van der Waals surface area contributed by atoms with Gasteiger partial charge in [0.05, 0.1) is 6.04 Å². The van der Waals surface area contributed by atoms with Crippen LogP contribution in [0.1, 0.15) is 26.2 Å². The highest BCUT2D eigenvalue weighted by Crippen LogP contribution is 2.04. The van der Waals surface area contributed by atoms with E-state index in [0.717, 1.165) is 6.42 Å². The lowest BCUT2D eigenvalue weighted by molar-refractivity contribution is -0.123. The Labute approximate surface area is 83.4 Å². The van der Waals surface area contributed by atoms with Gasteiger partial charge in [0, 0.05) is 19.0 Å². The van der Waals surface area contributed by atoms with Crippen LogP contribution >= 0.6 is 0 Å². The topological polar surface area (TPSA) is 84.2 Å². The maximum Gasteiger partial charge on any atom is 0.236 e. The number of nitrogens with two attached hydrogens (primary N) is 1. The van der Waals surface area contributed by atoms with Gasteiger partial charge in [0.25, 0.3) is 0 Å². The average molecular weight is 199 g/mol. The van der Waals surface area contributed by atoms with Gasteiger partial charge < -0.3 is 16.4 Å². The lowest BCUT2D eigenvalue weighted by Gasteiger charge is -2.13. The van der Waals surface area contributed by atoms with E-state index >= 15 is 0 Å². The van der Waals surface area contributed by atoms with Gasteiger partial charge in [-0.2, -0.15) is 0 Å². The summed E-state index contributed by atoms with van der Waals surface area (Å²) in [6, 6.07) is -0.359. The summed E-state index contributed by atoms with van der Waals surface area (Å²) in [5, 5.41) is 5.49. The molecule has 1 aliphatic rings. The maximum absolute atomic E-state index is 11.3. The Balaban J connectivity index is 2.20. The van der Waals surface area contributed by atoms with Gasteiger partial charge in [-0.25, -0.2) is 0 Å². The van der Waals surface area contributed by atoms with E-state index in [1.807, 2.05) is 6.92 Å². The van der Waals surface area contributed by atoms with E-state index in [1.165, 1.54) is 0 Å². The fourth-order valence-electron chi connectivity index (χ4n) is 1.37. The van der Waals surface area contributed by atoms with E-state index in [2.05, 4.69) is 10.6 Å². The van der Waals surface area contributed by atoms with Crippen LogP contribution < -0.4 is 16.4 Å². The van der Waals surface area contributed by atoms with Gasteiger partial charge in [-0.1, -0.05) is 6.92 Å². The first-order valence-corrected chi connectivity index (χ1v) is 4.96. The third-order valence-corrected chi connectivity index (χ3v) is 2.38. The Bertz CT molecular complexity index is 230. The van der Waals surface area contributed by atoms with E-state index in [0.29, 0.717) is 19.4 Å². The van der Waals surface area contributed by atoms with Crippen molar-refractivity contribution in [1.82, 2.24) is 10.6 Å². The van der Waals surface area contributed by atoms with Crippen LogP contribution in [0.15, 0.2) is 0 Å². The highest BCUT2D eigenvalue weighted by molar-refractivity contribution is 5.82. The highest BCUT2D eigenvalue weighted by atomic mass is 16.2.